The Morgan fingerprint density at radius 1 is 1.24 bits per heavy atom. The van der Waals surface area contributed by atoms with Crippen molar-refractivity contribution in [3.8, 4) is 0 Å². The lowest BCUT2D eigenvalue weighted by Crippen LogP contribution is -2.31. The van der Waals surface area contributed by atoms with Crippen molar-refractivity contribution in [2.24, 2.45) is 0 Å². The summed E-state index contributed by atoms with van der Waals surface area (Å²) < 4.78 is 11.2. The van der Waals surface area contributed by atoms with E-state index >= 15 is 0 Å². The number of aryl methyl sites for hydroxylation is 1. The van der Waals surface area contributed by atoms with Gasteiger partial charge in [0, 0.05) is 6.42 Å². The Hall–Kier alpha value is -0.960. The van der Waals surface area contributed by atoms with Crippen LogP contribution < -0.4 is 0 Å². The summed E-state index contributed by atoms with van der Waals surface area (Å²) in [5, 5.41) is -1.60. The third-order valence-corrected chi connectivity index (χ3v) is 4.60. The van der Waals surface area contributed by atoms with Crippen LogP contribution in [0.3, 0.4) is 0 Å². The zero-order valence-electron chi connectivity index (χ0n) is 9.96. The fraction of sp³-hybridized carbons (Fsp3) is 0.417. The molecule has 0 aliphatic carbocycles. The maximum absolute atomic E-state index is 11.8. The lowest BCUT2D eigenvalue weighted by molar-refractivity contribution is -0.121. The predicted molar refractivity (Wildman–Crippen MR) is 65.9 cm³/mol. The van der Waals surface area contributed by atoms with Gasteiger partial charge in [-0.1, -0.05) is 30.3 Å². The summed E-state index contributed by atoms with van der Waals surface area (Å²) in [7, 11) is -4.40. The monoisotopic (exact) mass is 256 g/mol. The molecule has 0 radical (unpaired) electrons. The van der Waals surface area contributed by atoms with Gasteiger partial charge in [0.15, 0.2) is 5.78 Å². The van der Waals surface area contributed by atoms with Crippen LogP contribution in [0.15, 0.2) is 30.3 Å². The molecule has 0 heterocycles. The third kappa shape index (κ3) is 3.50. The summed E-state index contributed by atoms with van der Waals surface area (Å²) in [5.74, 6) is -0.408. The average Bonchev–Trinajstić information content (AvgIpc) is 2.25. The Morgan fingerprint density at radius 3 is 2.24 bits per heavy atom. The van der Waals surface area contributed by atoms with Gasteiger partial charge in [-0.05, 0) is 25.8 Å². The van der Waals surface area contributed by atoms with Crippen LogP contribution in [0.25, 0.3) is 0 Å². The molecule has 0 saturated heterocycles. The van der Waals surface area contributed by atoms with Crippen LogP contribution in [-0.4, -0.2) is 20.7 Å². The summed E-state index contributed by atoms with van der Waals surface area (Å²) in [6.07, 6.45) is 0.644. The smallest absolute Gasteiger partial charge is 0.324 e. The molecule has 0 aliphatic heterocycles. The molecule has 1 rings (SSSR count). The van der Waals surface area contributed by atoms with E-state index in [1.165, 1.54) is 13.8 Å². The number of Topliss-reactive ketones (excluding diaryl/α,β-unsaturated/α-hetero) is 1. The predicted octanol–water partition coefficient (Wildman–Crippen LogP) is 2.14. The Balaban J connectivity index is 2.66. The number of hydrogen-bond acceptors (Lipinski definition) is 2. The van der Waals surface area contributed by atoms with E-state index in [4.69, 9.17) is 9.79 Å². The van der Waals surface area contributed by atoms with Gasteiger partial charge < -0.3 is 9.79 Å². The van der Waals surface area contributed by atoms with E-state index in [9.17, 15) is 9.36 Å². The van der Waals surface area contributed by atoms with E-state index in [1.54, 1.807) is 0 Å². The molecule has 0 spiro atoms. The highest BCUT2D eigenvalue weighted by Crippen LogP contribution is 2.50. The lowest BCUT2D eigenvalue weighted by Gasteiger charge is -2.24. The maximum atomic E-state index is 11.8. The van der Waals surface area contributed by atoms with Gasteiger partial charge >= 0.3 is 7.60 Å². The van der Waals surface area contributed by atoms with E-state index in [-0.39, 0.29) is 6.42 Å². The van der Waals surface area contributed by atoms with Crippen molar-refractivity contribution < 1.29 is 19.1 Å². The van der Waals surface area contributed by atoms with E-state index in [0.29, 0.717) is 6.42 Å². The molecule has 5 heteroatoms. The van der Waals surface area contributed by atoms with Gasteiger partial charge in [0.1, 0.15) is 5.16 Å². The molecule has 94 valence electrons. The van der Waals surface area contributed by atoms with E-state index < -0.39 is 18.5 Å². The topological polar surface area (TPSA) is 74.6 Å². The van der Waals surface area contributed by atoms with Crippen LogP contribution in [0.4, 0.5) is 0 Å². The number of ketones is 1. The van der Waals surface area contributed by atoms with Crippen molar-refractivity contribution in [1.29, 1.82) is 0 Å². The first-order valence-electron chi connectivity index (χ1n) is 5.38. The second-order valence-electron chi connectivity index (χ2n) is 4.51. The van der Waals surface area contributed by atoms with Crippen molar-refractivity contribution in [1.82, 2.24) is 0 Å². The highest BCUT2D eigenvalue weighted by atomic mass is 31.2. The molecule has 0 unspecified atom stereocenters. The fourth-order valence-electron chi connectivity index (χ4n) is 1.37. The van der Waals surface area contributed by atoms with E-state index in [1.807, 2.05) is 30.3 Å². The largest absolute Gasteiger partial charge is 0.338 e. The van der Waals surface area contributed by atoms with Gasteiger partial charge in [0.2, 0.25) is 0 Å². The first kappa shape index (κ1) is 14.1. The fourth-order valence-corrected chi connectivity index (χ4v) is 1.81. The summed E-state index contributed by atoms with van der Waals surface area (Å²) in [4.78, 5) is 30.0. The molecule has 4 nitrogen and oxygen atoms in total. The Bertz CT molecular complexity index is 433. The van der Waals surface area contributed by atoms with Crippen molar-refractivity contribution >= 4 is 13.4 Å². The number of carbonyl (C=O) groups excluding carboxylic acids is 1. The van der Waals surface area contributed by atoms with Crippen LogP contribution in [0, 0.1) is 0 Å². The van der Waals surface area contributed by atoms with Gasteiger partial charge in [-0.3, -0.25) is 9.36 Å². The molecule has 17 heavy (non-hydrogen) atoms. The summed E-state index contributed by atoms with van der Waals surface area (Å²) >= 11 is 0. The van der Waals surface area contributed by atoms with Gasteiger partial charge in [-0.25, -0.2) is 0 Å². The van der Waals surface area contributed by atoms with Crippen LogP contribution in [0.5, 0.6) is 0 Å². The normalized spacial score (nSPS) is 12.5. The highest BCUT2D eigenvalue weighted by molar-refractivity contribution is 7.54. The Kier molecular flexibility index (Phi) is 4.26. The zero-order chi connectivity index (χ0) is 13.1. The minimum atomic E-state index is -4.40. The highest BCUT2D eigenvalue weighted by Gasteiger charge is 2.43. The number of benzene rings is 1. The van der Waals surface area contributed by atoms with E-state index in [0.717, 1.165) is 5.56 Å². The number of hydrogen-bond donors (Lipinski definition) is 2. The quantitative estimate of drug-likeness (QED) is 0.791. The standard InChI is InChI=1S/C12H17O4P/c1-12(2,17(14,15)16)11(13)9-8-10-6-4-3-5-7-10/h3-7H,8-9H2,1-2H3,(H2,14,15,16). The zero-order valence-corrected chi connectivity index (χ0v) is 10.9. The van der Waals surface area contributed by atoms with Crippen LogP contribution in [-0.2, 0) is 15.8 Å². The molecular formula is C12H17O4P. The maximum Gasteiger partial charge on any atom is 0.338 e. The average molecular weight is 256 g/mol. The molecule has 0 bridgehead atoms. The molecule has 1 aromatic carbocycles. The molecule has 0 saturated carbocycles. The summed E-state index contributed by atoms with van der Waals surface area (Å²) in [5.41, 5.74) is 0.988. The van der Waals surface area contributed by atoms with Crippen molar-refractivity contribution in [2.45, 2.75) is 31.8 Å². The minimum Gasteiger partial charge on any atom is -0.324 e. The molecular weight excluding hydrogens is 239 g/mol. The molecule has 2 N–H and O–H groups in total. The van der Waals surface area contributed by atoms with Gasteiger partial charge in [-0.2, -0.15) is 0 Å². The minimum absolute atomic E-state index is 0.141. The van der Waals surface area contributed by atoms with Crippen molar-refractivity contribution in [2.75, 3.05) is 0 Å². The molecule has 0 aliphatic rings. The van der Waals surface area contributed by atoms with Gasteiger partial charge in [0.05, 0.1) is 0 Å². The van der Waals surface area contributed by atoms with Gasteiger partial charge in [-0.15, -0.1) is 0 Å². The van der Waals surface area contributed by atoms with Crippen LogP contribution in [0.2, 0.25) is 0 Å². The lowest BCUT2D eigenvalue weighted by atomic mass is 10.0. The second-order valence-corrected chi connectivity index (χ2v) is 6.72. The van der Waals surface area contributed by atoms with Crippen LogP contribution in [0.1, 0.15) is 25.8 Å². The molecule has 0 aromatic heterocycles. The second kappa shape index (κ2) is 5.13. The summed E-state index contributed by atoms with van der Waals surface area (Å²) in [6, 6.07) is 9.39. The molecule has 1 aromatic rings. The first-order valence-corrected chi connectivity index (χ1v) is 6.99. The number of carbonyl (C=O) groups is 1. The summed E-state index contributed by atoms with van der Waals surface area (Å²) in [6.45, 7) is 2.59. The van der Waals surface area contributed by atoms with Gasteiger partial charge in [0.25, 0.3) is 0 Å². The third-order valence-electron chi connectivity index (χ3n) is 2.89. The molecule has 0 fully saturated rings. The number of rotatable bonds is 5. The van der Waals surface area contributed by atoms with E-state index in [2.05, 4.69) is 0 Å². The van der Waals surface area contributed by atoms with Crippen molar-refractivity contribution in [3.05, 3.63) is 35.9 Å². The van der Waals surface area contributed by atoms with Crippen molar-refractivity contribution in [3.63, 3.8) is 0 Å². The molecule has 0 atom stereocenters. The molecule has 0 amide bonds. The van der Waals surface area contributed by atoms with Crippen LogP contribution >= 0.6 is 7.60 Å². The Labute approximate surface area is 101 Å². The SMILES string of the molecule is CC(C)(C(=O)CCc1ccccc1)P(=O)(O)O. The first-order chi connectivity index (χ1) is 7.75. The Morgan fingerprint density at radius 2 is 1.76 bits per heavy atom.